The van der Waals surface area contributed by atoms with Crippen molar-refractivity contribution < 1.29 is 0 Å². The molecule has 0 spiro atoms. The lowest BCUT2D eigenvalue weighted by atomic mass is 9.85. The van der Waals surface area contributed by atoms with Crippen molar-refractivity contribution in [2.75, 3.05) is 0 Å². The van der Waals surface area contributed by atoms with E-state index in [9.17, 15) is 0 Å². The van der Waals surface area contributed by atoms with Gasteiger partial charge in [-0.05, 0) is 30.4 Å². The Morgan fingerprint density at radius 3 is 1.43 bits per heavy atom. The highest BCUT2D eigenvalue weighted by Gasteiger charge is 2.16. The Hall–Kier alpha value is -0.820. The summed E-state index contributed by atoms with van der Waals surface area (Å²) in [5.74, 6) is 0. The van der Waals surface area contributed by atoms with Crippen molar-refractivity contribution in [2.45, 2.75) is 45.6 Å². The number of hydrogen-bond acceptors (Lipinski definition) is 1. The fraction of sp³-hybridized carbons (Fsp3) is 0.538. The van der Waals surface area contributed by atoms with Gasteiger partial charge in [0.2, 0.25) is 0 Å². The molecule has 0 saturated carbocycles. The highest BCUT2D eigenvalue weighted by molar-refractivity contribution is 5.30. The van der Waals surface area contributed by atoms with Crippen molar-refractivity contribution in [3.63, 3.8) is 0 Å². The van der Waals surface area contributed by atoms with Crippen LogP contribution in [-0.4, -0.2) is 0 Å². The van der Waals surface area contributed by atoms with Crippen LogP contribution >= 0.6 is 0 Å². The Morgan fingerprint density at radius 2 is 1.14 bits per heavy atom. The predicted molar refractivity (Wildman–Crippen MR) is 62.4 cm³/mol. The van der Waals surface area contributed by atoms with E-state index in [1.165, 1.54) is 11.1 Å². The first-order valence-electron chi connectivity index (χ1n) is 5.11. The predicted octanol–water partition coefficient (Wildman–Crippen LogP) is 3.18. The largest absolute Gasteiger partial charge is 0.322 e. The van der Waals surface area contributed by atoms with Crippen molar-refractivity contribution in [3.8, 4) is 0 Å². The second kappa shape index (κ2) is 3.39. The van der Waals surface area contributed by atoms with Gasteiger partial charge in [-0.25, -0.2) is 0 Å². The van der Waals surface area contributed by atoms with Gasteiger partial charge in [0.15, 0.2) is 0 Å². The Balaban J connectivity index is 3.02. The minimum Gasteiger partial charge on any atom is -0.322 e. The van der Waals surface area contributed by atoms with Crippen molar-refractivity contribution in [2.24, 2.45) is 5.73 Å². The van der Waals surface area contributed by atoms with Crippen LogP contribution in [0.1, 0.15) is 45.7 Å². The molecule has 0 radical (unpaired) electrons. The second-order valence-electron chi connectivity index (χ2n) is 5.55. The highest BCUT2D eigenvalue weighted by atomic mass is 14.7. The van der Waals surface area contributed by atoms with Gasteiger partial charge in [-0.1, -0.05) is 45.0 Å². The molecule has 1 nitrogen and oxygen atoms in total. The van der Waals surface area contributed by atoms with E-state index in [-0.39, 0.29) is 11.0 Å². The Labute approximate surface area is 87.3 Å². The summed E-state index contributed by atoms with van der Waals surface area (Å²) in [6, 6.07) is 8.59. The lowest BCUT2D eigenvalue weighted by Crippen LogP contribution is -2.28. The number of benzene rings is 1. The molecule has 0 bridgehead atoms. The van der Waals surface area contributed by atoms with Crippen molar-refractivity contribution >= 4 is 0 Å². The SMILES string of the molecule is CC(C)(C)c1ccc(C(C)(C)N)cc1. The lowest BCUT2D eigenvalue weighted by Gasteiger charge is -2.23. The highest BCUT2D eigenvalue weighted by Crippen LogP contribution is 2.24. The summed E-state index contributed by atoms with van der Waals surface area (Å²) in [6.45, 7) is 10.7. The third kappa shape index (κ3) is 2.58. The zero-order chi connectivity index (χ0) is 11.0. The van der Waals surface area contributed by atoms with E-state index in [0.29, 0.717) is 0 Å². The molecule has 1 aromatic carbocycles. The molecule has 0 unspecified atom stereocenters. The van der Waals surface area contributed by atoms with Gasteiger partial charge in [0.25, 0.3) is 0 Å². The van der Waals surface area contributed by atoms with Crippen molar-refractivity contribution in [1.82, 2.24) is 0 Å². The third-order valence-electron chi connectivity index (χ3n) is 2.49. The van der Waals surface area contributed by atoms with Crippen LogP contribution in [0.4, 0.5) is 0 Å². The summed E-state index contributed by atoms with van der Waals surface area (Å²) in [7, 11) is 0. The summed E-state index contributed by atoms with van der Waals surface area (Å²) in [5, 5.41) is 0. The molecule has 1 heteroatoms. The molecule has 1 rings (SSSR count). The summed E-state index contributed by atoms with van der Waals surface area (Å²) in [5.41, 5.74) is 8.53. The van der Waals surface area contributed by atoms with Gasteiger partial charge in [0, 0.05) is 5.54 Å². The zero-order valence-corrected chi connectivity index (χ0v) is 9.89. The van der Waals surface area contributed by atoms with E-state index in [4.69, 9.17) is 5.73 Å². The fourth-order valence-electron chi connectivity index (χ4n) is 1.40. The third-order valence-corrected chi connectivity index (χ3v) is 2.49. The number of nitrogens with two attached hydrogens (primary N) is 1. The normalized spacial score (nSPS) is 13.0. The molecule has 0 aliphatic heterocycles. The molecular weight excluding hydrogens is 170 g/mol. The van der Waals surface area contributed by atoms with Crippen LogP contribution < -0.4 is 5.73 Å². The Morgan fingerprint density at radius 1 is 0.786 bits per heavy atom. The standard InChI is InChI=1S/C13H21N/c1-12(2,3)10-6-8-11(9-7-10)13(4,5)14/h6-9H,14H2,1-5H3. The van der Waals surface area contributed by atoms with Gasteiger partial charge < -0.3 is 5.73 Å². The van der Waals surface area contributed by atoms with Gasteiger partial charge in [-0.3, -0.25) is 0 Å². The average molecular weight is 191 g/mol. The molecule has 0 aliphatic rings. The van der Waals surface area contributed by atoms with Gasteiger partial charge in [0.05, 0.1) is 0 Å². The quantitative estimate of drug-likeness (QED) is 0.725. The first kappa shape index (κ1) is 11.3. The van der Waals surface area contributed by atoms with Crippen LogP contribution in [0.25, 0.3) is 0 Å². The minimum atomic E-state index is -0.240. The molecule has 0 fully saturated rings. The van der Waals surface area contributed by atoms with Crippen LogP contribution in [0.3, 0.4) is 0 Å². The van der Waals surface area contributed by atoms with Crippen molar-refractivity contribution in [3.05, 3.63) is 35.4 Å². The Kier molecular flexibility index (Phi) is 2.73. The second-order valence-corrected chi connectivity index (χ2v) is 5.55. The molecular formula is C13H21N. The lowest BCUT2D eigenvalue weighted by molar-refractivity contribution is 0.550. The number of hydrogen-bond donors (Lipinski definition) is 1. The molecule has 2 N–H and O–H groups in total. The first-order valence-corrected chi connectivity index (χ1v) is 5.11. The molecule has 1 aromatic rings. The smallest absolute Gasteiger partial charge is 0.0352 e. The maximum atomic E-state index is 6.02. The fourth-order valence-corrected chi connectivity index (χ4v) is 1.40. The van der Waals surface area contributed by atoms with Gasteiger partial charge in [-0.2, -0.15) is 0 Å². The van der Waals surface area contributed by atoms with E-state index >= 15 is 0 Å². The minimum absolute atomic E-state index is 0.220. The summed E-state index contributed by atoms with van der Waals surface area (Å²) in [4.78, 5) is 0. The summed E-state index contributed by atoms with van der Waals surface area (Å²) >= 11 is 0. The topological polar surface area (TPSA) is 26.0 Å². The molecule has 14 heavy (non-hydrogen) atoms. The molecule has 0 aliphatic carbocycles. The molecule has 0 amide bonds. The van der Waals surface area contributed by atoms with Crippen LogP contribution in [0.2, 0.25) is 0 Å². The maximum absolute atomic E-state index is 6.02. The monoisotopic (exact) mass is 191 g/mol. The average Bonchev–Trinajstić information content (AvgIpc) is 2.01. The summed E-state index contributed by atoms with van der Waals surface area (Å²) in [6.07, 6.45) is 0. The molecule has 0 saturated heterocycles. The van der Waals surface area contributed by atoms with Gasteiger partial charge in [0.1, 0.15) is 0 Å². The molecule has 78 valence electrons. The zero-order valence-electron chi connectivity index (χ0n) is 9.89. The van der Waals surface area contributed by atoms with E-state index in [1.807, 2.05) is 13.8 Å². The van der Waals surface area contributed by atoms with Gasteiger partial charge >= 0.3 is 0 Å². The number of rotatable bonds is 1. The Bertz CT molecular complexity index is 262. The van der Waals surface area contributed by atoms with E-state index < -0.39 is 0 Å². The van der Waals surface area contributed by atoms with E-state index in [1.54, 1.807) is 0 Å². The maximum Gasteiger partial charge on any atom is 0.0352 e. The van der Waals surface area contributed by atoms with Crippen molar-refractivity contribution in [1.29, 1.82) is 0 Å². The van der Waals surface area contributed by atoms with E-state index in [0.717, 1.165) is 0 Å². The van der Waals surface area contributed by atoms with Gasteiger partial charge in [-0.15, -0.1) is 0 Å². The van der Waals surface area contributed by atoms with Crippen LogP contribution in [-0.2, 0) is 11.0 Å². The summed E-state index contributed by atoms with van der Waals surface area (Å²) < 4.78 is 0. The molecule has 0 atom stereocenters. The molecule has 0 aromatic heterocycles. The first-order chi connectivity index (χ1) is 6.21. The van der Waals surface area contributed by atoms with Crippen LogP contribution in [0.5, 0.6) is 0 Å². The van der Waals surface area contributed by atoms with Crippen LogP contribution in [0.15, 0.2) is 24.3 Å². The van der Waals surface area contributed by atoms with Crippen LogP contribution in [0, 0.1) is 0 Å². The molecule has 0 heterocycles. The van der Waals surface area contributed by atoms with E-state index in [2.05, 4.69) is 45.0 Å².